The molecule has 1 aromatic heterocycles. The van der Waals surface area contributed by atoms with Gasteiger partial charge in [-0.25, -0.2) is 9.18 Å². The third-order valence-electron chi connectivity index (χ3n) is 2.50. The summed E-state index contributed by atoms with van der Waals surface area (Å²) in [6, 6.07) is 5.70. The zero-order valence-electron chi connectivity index (χ0n) is 9.76. The number of hydrogen-bond acceptors (Lipinski definition) is 4. The molecule has 0 fully saturated rings. The van der Waals surface area contributed by atoms with Crippen molar-refractivity contribution in [2.75, 3.05) is 6.61 Å². The highest BCUT2D eigenvalue weighted by atomic mass is 19.1. The first-order valence-electron chi connectivity index (χ1n) is 5.52. The molecule has 0 spiro atoms. The van der Waals surface area contributed by atoms with Gasteiger partial charge in [0.2, 0.25) is 0 Å². The van der Waals surface area contributed by atoms with Gasteiger partial charge < -0.3 is 9.84 Å². The van der Waals surface area contributed by atoms with E-state index in [0.29, 0.717) is 10.9 Å². The molecule has 0 aliphatic carbocycles. The highest BCUT2D eigenvalue weighted by Crippen LogP contribution is 2.24. The fourth-order valence-electron chi connectivity index (χ4n) is 1.74. The molecule has 0 saturated carbocycles. The Bertz CT molecular complexity index is 585. The van der Waals surface area contributed by atoms with Crippen LogP contribution in [0.5, 0.6) is 0 Å². The van der Waals surface area contributed by atoms with E-state index in [1.54, 1.807) is 19.1 Å². The predicted molar refractivity (Wildman–Crippen MR) is 63.3 cm³/mol. The predicted octanol–water partition coefficient (Wildman–Crippen LogP) is 1.97. The number of hydrogen-bond donors (Lipinski definition) is 1. The summed E-state index contributed by atoms with van der Waals surface area (Å²) in [6.07, 6.45) is -0.0141. The lowest BCUT2D eigenvalue weighted by Gasteiger charge is -2.12. The molecule has 4 nitrogen and oxygen atoms in total. The number of aliphatic hydroxyl groups is 1. The monoisotopic (exact) mass is 249 g/mol. The Labute approximate surface area is 103 Å². The fourth-order valence-corrected chi connectivity index (χ4v) is 1.74. The van der Waals surface area contributed by atoms with Crippen LogP contribution >= 0.6 is 0 Å². The van der Waals surface area contributed by atoms with Crippen LogP contribution in [0.4, 0.5) is 4.39 Å². The van der Waals surface area contributed by atoms with Gasteiger partial charge in [0.25, 0.3) is 0 Å². The minimum atomic E-state index is -1.53. The largest absolute Gasteiger partial charge is 0.464 e. The summed E-state index contributed by atoms with van der Waals surface area (Å²) in [5, 5.41) is 10.4. The first kappa shape index (κ1) is 12.4. The van der Waals surface area contributed by atoms with Crippen LogP contribution in [0.25, 0.3) is 10.9 Å². The maximum atomic E-state index is 13.4. The average Bonchev–Trinajstić information content (AvgIpc) is 2.37. The number of nitrogens with zero attached hydrogens (tertiary/aromatic N) is 1. The van der Waals surface area contributed by atoms with E-state index in [-0.39, 0.29) is 12.2 Å². The first-order valence-corrected chi connectivity index (χ1v) is 5.52. The minimum absolute atomic E-state index is 0.115. The average molecular weight is 249 g/mol. The van der Waals surface area contributed by atoms with Crippen LogP contribution in [-0.4, -0.2) is 22.7 Å². The van der Waals surface area contributed by atoms with Crippen LogP contribution < -0.4 is 0 Å². The molecule has 0 saturated heterocycles. The minimum Gasteiger partial charge on any atom is -0.464 e. The van der Waals surface area contributed by atoms with E-state index in [1.165, 1.54) is 12.3 Å². The lowest BCUT2D eigenvalue weighted by molar-refractivity contribution is -0.153. The van der Waals surface area contributed by atoms with Crippen LogP contribution in [0.3, 0.4) is 0 Å². The van der Waals surface area contributed by atoms with E-state index in [0.717, 1.165) is 6.07 Å². The lowest BCUT2D eigenvalue weighted by atomic mass is 10.0. The number of rotatable bonds is 3. The van der Waals surface area contributed by atoms with Crippen LogP contribution in [0, 0.1) is 5.82 Å². The van der Waals surface area contributed by atoms with Gasteiger partial charge in [0.05, 0.1) is 12.1 Å². The molecule has 1 atom stereocenters. The number of fused-ring (bicyclic) bond motifs is 1. The van der Waals surface area contributed by atoms with E-state index in [9.17, 15) is 14.3 Å². The molecule has 2 aromatic rings. The van der Waals surface area contributed by atoms with Gasteiger partial charge in [0.1, 0.15) is 5.82 Å². The zero-order chi connectivity index (χ0) is 13.1. The Morgan fingerprint density at radius 2 is 2.33 bits per heavy atom. The molecular weight excluding hydrogens is 237 g/mol. The second kappa shape index (κ2) is 5.10. The first-order chi connectivity index (χ1) is 8.63. The number of esters is 1. The number of carbonyl (C=O) groups excluding carboxylic acids is 1. The van der Waals surface area contributed by atoms with E-state index in [2.05, 4.69) is 4.98 Å². The van der Waals surface area contributed by atoms with E-state index < -0.39 is 17.9 Å². The Kier molecular flexibility index (Phi) is 3.53. The molecule has 1 unspecified atom stereocenters. The van der Waals surface area contributed by atoms with Crippen molar-refractivity contribution < 1.29 is 19.0 Å². The third kappa shape index (κ3) is 2.31. The Morgan fingerprint density at radius 3 is 3.06 bits per heavy atom. The molecule has 94 valence electrons. The number of aromatic nitrogens is 1. The topological polar surface area (TPSA) is 59.4 Å². The van der Waals surface area contributed by atoms with Crippen LogP contribution in [-0.2, 0) is 9.53 Å². The SMILES string of the molecule is CCOC(=O)C(O)c1cc(F)cc2cccnc12. The lowest BCUT2D eigenvalue weighted by Crippen LogP contribution is -2.16. The van der Waals surface area contributed by atoms with Crippen molar-refractivity contribution in [1.29, 1.82) is 0 Å². The van der Waals surface area contributed by atoms with E-state index >= 15 is 0 Å². The summed E-state index contributed by atoms with van der Waals surface area (Å²) in [4.78, 5) is 15.5. The fraction of sp³-hybridized carbons (Fsp3) is 0.231. The second-order valence-corrected chi connectivity index (χ2v) is 3.72. The maximum absolute atomic E-state index is 13.4. The van der Waals surface area contributed by atoms with Gasteiger partial charge in [-0.1, -0.05) is 6.07 Å². The molecule has 1 heterocycles. The van der Waals surface area contributed by atoms with Crippen molar-refractivity contribution in [2.24, 2.45) is 0 Å². The quantitative estimate of drug-likeness (QED) is 0.845. The van der Waals surface area contributed by atoms with Crippen LogP contribution in [0.1, 0.15) is 18.6 Å². The Balaban J connectivity index is 2.52. The molecule has 0 radical (unpaired) electrons. The number of pyridine rings is 1. The highest BCUT2D eigenvalue weighted by Gasteiger charge is 2.22. The summed E-state index contributed by atoms with van der Waals surface area (Å²) in [5.41, 5.74) is 0.503. The van der Waals surface area contributed by atoms with Crippen molar-refractivity contribution in [3.05, 3.63) is 41.8 Å². The third-order valence-corrected chi connectivity index (χ3v) is 2.50. The summed E-state index contributed by atoms with van der Waals surface area (Å²) < 4.78 is 18.1. The van der Waals surface area contributed by atoms with Gasteiger partial charge >= 0.3 is 5.97 Å². The van der Waals surface area contributed by atoms with Gasteiger partial charge in [-0.05, 0) is 25.1 Å². The zero-order valence-corrected chi connectivity index (χ0v) is 9.76. The molecule has 2 rings (SSSR count). The summed E-state index contributed by atoms with van der Waals surface area (Å²) in [6.45, 7) is 1.78. The molecule has 0 bridgehead atoms. The summed E-state index contributed by atoms with van der Waals surface area (Å²) >= 11 is 0. The van der Waals surface area contributed by atoms with E-state index in [4.69, 9.17) is 4.74 Å². The molecule has 1 N–H and O–H groups in total. The van der Waals surface area contributed by atoms with Gasteiger partial charge in [-0.15, -0.1) is 0 Å². The second-order valence-electron chi connectivity index (χ2n) is 3.72. The standard InChI is InChI=1S/C13H12FNO3/c1-2-18-13(17)12(16)10-7-9(14)6-8-4-3-5-15-11(8)10/h3-7,12,16H,2H2,1H3. The van der Waals surface area contributed by atoms with Crippen LogP contribution in [0.2, 0.25) is 0 Å². The number of ether oxygens (including phenoxy) is 1. The summed E-state index contributed by atoms with van der Waals surface area (Å²) in [5.74, 6) is -1.34. The van der Waals surface area contributed by atoms with Gasteiger partial charge in [0.15, 0.2) is 6.10 Å². The van der Waals surface area contributed by atoms with Gasteiger partial charge in [-0.3, -0.25) is 4.98 Å². The van der Waals surface area contributed by atoms with Crippen molar-refractivity contribution in [2.45, 2.75) is 13.0 Å². The van der Waals surface area contributed by atoms with Crippen LogP contribution in [0.15, 0.2) is 30.5 Å². The number of aliphatic hydroxyl groups excluding tert-OH is 1. The van der Waals surface area contributed by atoms with Gasteiger partial charge in [-0.2, -0.15) is 0 Å². The van der Waals surface area contributed by atoms with Crippen molar-refractivity contribution in [3.63, 3.8) is 0 Å². The number of halogens is 1. The number of carbonyl (C=O) groups is 1. The maximum Gasteiger partial charge on any atom is 0.339 e. The van der Waals surface area contributed by atoms with Crippen molar-refractivity contribution >= 4 is 16.9 Å². The van der Waals surface area contributed by atoms with Crippen molar-refractivity contribution in [1.82, 2.24) is 4.98 Å². The molecule has 0 amide bonds. The molecule has 5 heteroatoms. The summed E-state index contributed by atoms with van der Waals surface area (Å²) in [7, 11) is 0. The number of benzene rings is 1. The Morgan fingerprint density at radius 1 is 1.56 bits per heavy atom. The molecule has 0 aliphatic rings. The van der Waals surface area contributed by atoms with E-state index in [1.807, 2.05) is 0 Å². The Hall–Kier alpha value is -2.01. The normalized spacial score (nSPS) is 12.4. The van der Waals surface area contributed by atoms with Crippen molar-refractivity contribution in [3.8, 4) is 0 Å². The molecular formula is C13H12FNO3. The van der Waals surface area contributed by atoms with Gasteiger partial charge in [0, 0.05) is 17.1 Å². The highest BCUT2D eigenvalue weighted by molar-refractivity contribution is 5.87. The molecule has 0 aliphatic heterocycles. The molecule has 1 aromatic carbocycles. The smallest absolute Gasteiger partial charge is 0.339 e. The molecule has 18 heavy (non-hydrogen) atoms.